The maximum atomic E-state index is 11.7. The number of piperidine rings is 2. The molecule has 0 aromatic carbocycles. The molecule has 2 saturated heterocycles. The van der Waals surface area contributed by atoms with E-state index in [0.717, 1.165) is 32.2 Å². The van der Waals surface area contributed by atoms with Crippen LogP contribution in [0.3, 0.4) is 0 Å². The molecule has 0 aromatic rings. The van der Waals surface area contributed by atoms with Crippen molar-refractivity contribution >= 4 is 11.8 Å². The summed E-state index contributed by atoms with van der Waals surface area (Å²) >= 11 is 0. The predicted octanol–water partition coefficient (Wildman–Crippen LogP) is 0.666. The highest BCUT2D eigenvalue weighted by molar-refractivity contribution is 5.78. The second kappa shape index (κ2) is 4.21. The zero-order chi connectivity index (χ0) is 10.8. The number of amides is 2. The smallest absolute Gasteiger partial charge is 0.222 e. The Balaban J connectivity index is 2.06. The van der Waals surface area contributed by atoms with Crippen LogP contribution in [0.2, 0.25) is 0 Å². The van der Waals surface area contributed by atoms with Crippen molar-refractivity contribution in [2.45, 2.75) is 51.1 Å². The summed E-state index contributed by atoms with van der Waals surface area (Å²) in [6.07, 6.45) is 4.71. The molecule has 0 aromatic heterocycles. The van der Waals surface area contributed by atoms with Gasteiger partial charge in [-0.2, -0.15) is 0 Å². The van der Waals surface area contributed by atoms with Crippen LogP contribution in [0.25, 0.3) is 0 Å². The zero-order valence-electron chi connectivity index (χ0n) is 9.16. The van der Waals surface area contributed by atoms with Crippen molar-refractivity contribution in [3.63, 3.8) is 0 Å². The Morgan fingerprint density at radius 3 is 2.93 bits per heavy atom. The predicted molar refractivity (Wildman–Crippen MR) is 56.2 cm³/mol. The van der Waals surface area contributed by atoms with E-state index in [2.05, 4.69) is 5.32 Å². The van der Waals surface area contributed by atoms with E-state index in [9.17, 15) is 9.59 Å². The average Bonchev–Trinajstić information content (AvgIpc) is 2.19. The molecule has 15 heavy (non-hydrogen) atoms. The summed E-state index contributed by atoms with van der Waals surface area (Å²) in [5.74, 6) is 0.279. The molecule has 0 unspecified atom stereocenters. The minimum Gasteiger partial charge on any atom is -0.352 e. The van der Waals surface area contributed by atoms with E-state index in [-0.39, 0.29) is 23.9 Å². The van der Waals surface area contributed by atoms with Crippen LogP contribution < -0.4 is 5.32 Å². The summed E-state index contributed by atoms with van der Waals surface area (Å²) in [4.78, 5) is 24.7. The molecule has 2 heterocycles. The van der Waals surface area contributed by atoms with Gasteiger partial charge in [0.15, 0.2) is 0 Å². The molecule has 2 aliphatic rings. The van der Waals surface area contributed by atoms with Gasteiger partial charge in [0, 0.05) is 25.9 Å². The molecular formula is C11H18N2O2. The largest absolute Gasteiger partial charge is 0.352 e. The normalized spacial score (nSPS) is 31.0. The van der Waals surface area contributed by atoms with Gasteiger partial charge in [-0.25, -0.2) is 0 Å². The number of fused-ring (bicyclic) bond motifs is 1. The van der Waals surface area contributed by atoms with Gasteiger partial charge in [-0.15, -0.1) is 0 Å². The molecule has 4 nitrogen and oxygen atoms in total. The zero-order valence-corrected chi connectivity index (χ0v) is 9.16. The van der Waals surface area contributed by atoms with Crippen LogP contribution in [0, 0.1) is 0 Å². The molecule has 0 radical (unpaired) electrons. The quantitative estimate of drug-likeness (QED) is 0.691. The Bertz CT molecular complexity index is 278. The van der Waals surface area contributed by atoms with Gasteiger partial charge in [-0.3, -0.25) is 9.59 Å². The lowest BCUT2D eigenvalue weighted by atomic mass is 9.88. The number of nitrogens with zero attached hydrogens (tertiary/aromatic N) is 1. The summed E-state index contributed by atoms with van der Waals surface area (Å²) in [5.41, 5.74) is 0. The van der Waals surface area contributed by atoms with E-state index in [1.54, 1.807) is 6.92 Å². The molecule has 0 bridgehead atoms. The van der Waals surface area contributed by atoms with Crippen molar-refractivity contribution < 1.29 is 9.59 Å². The van der Waals surface area contributed by atoms with Gasteiger partial charge in [0.05, 0.1) is 6.04 Å². The highest BCUT2D eigenvalue weighted by atomic mass is 16.2. The summed E-state index contributed by atoms with van der Waals surface area (Å²) in [6, 6.07) is 0.435. The van der Waals surface area contributed by atoms with E-state index >= 15 is 0 Å². The molecule has 2 fully saturated rings. The Morgan fingerprint density at radius 1 is 1.40 bits per heavy atom. The van der Waals surface area contributed by atoms with Crippen molar-refractivity contribution in [3.05, 3.63) is 0 Å². The van der Waals surface area contributed by atoms with E-state index in [0.29, 0.717) is 6.42 Å². The maximum Gasteiger partial charge on any atom is 0.222 e. The van der Waals surface area contributed by atoms with Crippen molar-refractivity contribution in [3.8, 4) is 0 Å². The molecule has 2 rings (SSSR count). The second-order valence-corrected chi connectivity index (χ2v) is 4.50. The van der Waals surface area contributed by atoms with Gasteiger partial charge in [0.2, 0.25) is 11.8 Å². The molecule has 0 aliphatic carbocycles. The lowest BCUT2D eigenvalue weighted by Crippen LogP contribution is -2.58. The van der Waals surface area contributed by atoms with Gasteiger partial charge < -0.3 is 10.2 Å². The number of hydrogen-bond donors (Lipinski definition) is 1. The Kier molecular flexibility index (Phi) is 2.93. The third-order valence-corrected chi connectivity index (χ3v) is 3.38. The van der Waals surface area contributed by atoms with Crippen LogP contribution in [0.1, 0.15) is 39.0 Å². The Hall–Kier alpha value is -1.06. The third-order valence-electron chi connectivity index (χ3n) is 3.38. The van der Waals surface area contributed by atoms with Crippen LogP contribution in [0.15, 0.2) is 0 Å². The van der Waals surface area contributed by atoms with Crippen molar-refractivity contribution in [1.82, 2.24) is 10.2 Å². The van der Waals surface area contributed by atoms with E-state index in [4.69, 9.17) is 0 Å². The summed E-state index contributed by atoms with van der Waals surface area (Å²) in [5, 5.41) is 2.97. The van der Waals surface area contributed by atoms with Crippen LogP contribution in [-0.2, 0) is 9.59 Å². The van der Waals surface area contributed by atoms with Crippen LogP contribution in [0.5, 0.6) is 0 Å². The number of nitrogens with one attached hydrogen (secondary N) is 1. The monoisotopic (exact) mass is 210 g/mol. The average molecular weight is 210 g/mol. The lowest BCUT2D eigenvalue weighted by Gasteiger charge is -2.44. The van der Waals surface area contributed by atoms with Crippen molar-refractivity contribution in [1.29, 1.82) is 0 Å². The fraction of sp³-hybridized carbons (Fsp3) is 0.818. The minimum atomic E-state index is 0.0138. The second-order valence-electron chi connectivity index (χ2n) is 4.50. The molecule has 2 amide bonds. The standard InChI is InChI=1S/C11H18N2O2/c1-8(14)12-9-4-3-7-13-10(9)5-2-6-11(13)15/h9-10H,2-7H2,1H3,(H,12,14)/t9-,10-/m0/s1. The fourth-order valence-electron chi connectivity index (χ4n) is 2.76. The summed E-state index contributed by atoms with van der Waals surface area (Å²) in [7, 11) is 0. The minimum absolute atomic E-state index is 0.0138. The van der Waals surface area contributed by atoms with Gasteiger partial charge in [0.1, 0.15) is 0 Å². The number of carbonyl (C=O) groups is 2. The first-order valence-corrected chi connectivity index (χ1v) is 5.75. The molecule has 2 atom stereocenters. The first-order valence-electron chi connectivity index (χ1n) is 5.75. The Morgan fingerprint density at radius 2 is 2.20 bits per heavy atom. The van der Waals surface area contributed by atoms with Crippen LogP contribution in [-0.4, -0.2) is 35.3 Å². The molecule has 0 saturated carbocycles. The molecule has 4 heteroatoms. The number of rotatable bonds is 1. The third kappa shape index (κ3) is 2.13. The fourth-order valence-corrected chi connectivity index (χ4v) is 2.76. The highest BCUT2D eigenvalue weighted by Gasteiger charge is 2.36. The molecular weight excluding hydrogens is 192 g/mol. The summed E-state index contributed by atoms with van der Waals surface area (Å²) in [6.45, 7) is 2.42. The van der Waals surface area contributed by atoms with Crippen LogP contribution >= 0.6 is 0 Å². The van der Waals surface area contributed by atoms with Crippen molar-refractivity contribution in [2.24, 2.45) is 0 Å². The molecule has 1 N–H and O–H groups in total. The van der Waals surface area contributed by atoms with Gasteiger partial charge in [-0.05, 0) is 25.7 Å². The van der Waals surface area contributed by atoms with Gasteiger partial charge >= 0.3 is 0 Å². The topological polar surface area (TPSA) is 49.4 Å². The van der Waals surface area contributed by atoms with Gasteiger partial charge in [0.25, 0.3) is 0 Å². The first kappa shape index (κ1) is 10.5. The SMILES string of the molecule is CC(=O)N[C@H]1CCCN2C(=O)CCC[C@@H]12. The lowest BCUT2D eigenvalue weighted by molar-refractivity contribution is -0.140. The summed E-state index contributed by atoms with van der Waals surface area (Å²) < 4.78 is 0. The Labute approximate surface area is 90.0 Å². The number of hydrogen-bond acceptors (Lipinski definition) is 2. The first-order chi connectivity index (χ1) is 7.18. The van der Waals surface area contributed by atoms with E-state index in [1.807, 2.05) is 4.90 Å². The van der Waals surface area contributed by atoms with E-state index < -0.39 is 0 Å². The molecule has 84 valence electrons. The highest BCUT2D eigenvalue weighted by Crippen LogP contribution is 2.27. The van der Waals surface area contributed by atoms with Crippen LogP contribution in [0.4, 0.5) is 0 Å². The molecule has 0 spiro atoms. The number of carbonyl (C=O) groups excluding carboxylic acids is 2. The maximum absolute atomic E-state index is 11.7. The van der Waals surface area contributed by atoms with E-state index in [1.165, 1.54) is 0 Å². The van der Waals surface area contributed by atoms with Gasteiger partial charge in [-0.1, -0.05) is 0 Å². The van der Waals surface area contributed by atoms with Crippen molar-refractivity contribution in [2.75, 3.05) is 6.54 Å². The molecule has 2 aliphatic heterocycles.